The molecule has 1 aliphatic rings. The zero-order chi connectivity index (χ0) is 12.5. The van der Waals surface area contributed by atoms with Crippen LogP contribution in [0.2, 0.25) is 0 Å². The molecular formula is C11H14F3N3. The van der Waals surface area contributed by atoms with E-state index < -0.39 is 11.9 Å². The number of nitrogens with zero attached hydrogens (tertiary/aromatic N) is 3. The highest BCUT2D eigenvalue weighted by molar-refractivity contribution is 5.40. The van der Waals surface area contributed by atoms with Gasteiger partial charge in [0, 0.05) is 12.6 Å². The Bertz CT molecular complexity index is 375. The van der Waals surface area contributed by atoms with Crippen molar-refractivity contribution in [2.45, 2.75) is 38.4 Å². The van der Waals surface area contributed by atoms with Gasteiger partial charge in [0.2, 0.25) is 0 Å². The van der Waals surface area contributed by atoms with Gasteiger partial charge >= 0.3 is 6.18 Å². The number of hydrogen-bond donors (Lipinski definition) is 0. The number of aromatic nitrogens is 2. The van der Waals surface area contributed by atoms with Gasteiger partial charge in [0.25, 0.3) is 0 Å². The van der Waals surface area contributed by atoms with Gasteiger partial charge in [0.05, 0.1) is 0 Å². The van der Waals surface area contributed by atoms with E-state index in [-0.39, 0.29) is 0 Å². The predicted octanol–water partition coefficient (Wildman–Crippen LogP) is 2.87. The number of alkyl halides is 3. The molecule has 0 bridgehead atoms. The molecule has 1 aromatic rings. The van der Waals surface area contributed by atoms with Gasteiger partial charge in [0.1, 0.15) is 0 Å². The molecule has 94 valence electrons. The first-order chi connectivity index (χ1) is 8.02. The largest absolute Gasteiger partial charge is 0.435 e. The molecule has 0 amide bonds. The second-order valence-electron chi connectivity index (χ2n) is 4.17. The third kappa shape index (κ3) is 2.50. The van der Waals surface area contributed by atoms with Crippen LogP contribution >= 0.6 is 0 Å². The quantitative estimate of drug-likeness (QED) is 0.802. The minimum Gasteiger partial charge on any atom is -0.352 e. The van der Waals surface area contributed by atoms with Crippen LogP contribution in [0.1, 0.15) is 31.9 Å². The number of rotatable bonds is 2. The molecule has 0 aliphatic carbocycles. The van der Waals surface area contributed by atoms with Crippen LogP contribution in [0.4, 0.5) is 19.0 Å². The topological polar surface area (TPSA) is 29.0 Å². The van der Waals surface area contributed by atoms with Crippen LogP contribution in [0.15, 0.2) is 12.1 Å². The van der Waals surface area contributed by atoms with E-state index in [0.717, 1.165) is 31.9 Å². The summed E-state index contributed by atoms with van der Waals surface area (Å²) in [4.78, 5) is 2.03. The van der Waals surface area contributed by atoms with E-state index in [1.54, 1.807) is 0 Å². The lowest BCUT2D eigenvalue weighted by atomic mass is 10.2. The maximum absolute atomic E-state index is 12.3. The minimum atomic E-state index is -4.42. The molecule has 17 heavy (non-hydrogen) atoms. The first kappa shape index (κ1) is 12.1. The van der Waals surface area contributed by atoms with E-state index in [4.69, 9.17) is 0 Å². The minimum absolute atomic E-state index is 0.376. The third-order valence-electron chi connectivity index (χ3n) is 3.08. The molecule has 0 spiro atoms. The van der Waals surface area contributed by atoms with E-state index >= 15 is 0 Å². The van der Waals surface area contributed by atoms with Crippen molar-refractivity contribution in [1.82, 2.24) is 10.2 Å². The summed E-state index contributed by atoms with van der Waals surface area (Å²) in [5, 5.41) is 6.93. The molecule has 1 fully saturated rings. The van der Waals surface area contributed by atoms with E-state index in [0.29, 0.717) is 11.9 Å². The van der Waals surface area contributed by atoms with Crippen LogP contribution in [-0.2, 0) is 6.18 Å². The Balaban J connectivity index is 2.18. The molecule has 0 N–H and O–H groups in total. The highest BCUT2D eigenvalue weighted by atomic mass is 19.4. The normalized spacial score (nSPS) is 20.9. The summed E-state index contributed by atoms with van der Waals surface area (Å²) >= 11 is 0. The number of hydrogen-bond acceptors (Lipinski definition) is 3. The van der Waals surface area contributed by atoms with E-state index in [1.807, 2.05) is 4.90 Å². The van der Waals surface area contributed by atoms with Crippen LogP contribution in [-0.4, -0.2) is 22.8 Å². The van der Waals surface area contributed by atoms with Gasteiger partial charge in [-0.2, -0.15) is 13.2 Å². The summed E-state index contributed by atoms with van der Waals surface area (Å²) in [5.74, 6) is 0.544. The lowest BCUT2D eigenvalue weighted by molar-refractivity contribution is -0.141. The standard InChI is InChI=1S/C11H14F3N3/c1-2-8-4-3-7-17(8)10-6-5-9(15-16-10)11(12,13)14/h5-6,8H,2-4,7H2,1H3. The van der Waals surface area contributed by atoms with Gasteiger partial charge in [-0.3, -0.25) is 0 Å². The summed E-state index contributed by atoms with van der Waals surface area (Å²) in [5.41, 5.74) is -0.937. The van der Waals surface area contributed by atoms with Crippen LogP contribution in [0.25, 0.3) is 0 Å². The molecular weight excluding hydrogens is 231 g/mol. The van der Waals surface area contributed by atoms with E-state index in [9.17, 15) is 13.2 Å². The van der Waals surface area contributed by atoms with Crippen LogP contribution in [0.5, 0.6) is 0 Å². The maximum Gasteiger partial charge on any atom is 0.435 e. The van der Waals surface area contributed by atoms with E-state index in [1.165, 1.54) is 6.07 Å². The molecule has 3 nitrogen and oxygen atoms in total. The maximum atomic E-state index is 12.3. The Morgan fingerprint density at radius 1 is 1.35 bits per heavy atom. The van der Waals surface area contributed by atoms with Crippen LogP contribution < -0.4 is 4.90 Å². The average molecular weight is 245 g/mol. The summed E-state index contributed by atoms with van der Waals surface area (Å²) < 4.78 is 37.0. The van der Waals surface area contributed by atoms with Gasteiger partial charge < -0.3 is 4.90 Å². The second-order valence-corrected chi connectivity index (χ2v) is 4.17. The molecule has 0 aromatic carbocycles. The van der Waals surface area contributed by atoms with Crippen molar-refractivity contribution < 1.29 is 13.2 Å². The zero-order valence-electron chi connectivity index (χ0n) is 9.54. The number of halogens is 3. The van der Waals surface area contributed by atoms with Crippen molar-refractivity contribution >= 4 is 5.82 Å². The molecule has 1 aromatic heterocycles. The molecule has 6 heteroatoms. The molecule has 1 aliphatic heterocycles. The monoisotopic (exact) mass is 245 g/mol. The Hall–Kier alpha value is -1.33. The third-order valence-corrected chi connectivity index (χ3v) is 3.08. The Morgan fingerprint density at radius 2 is 2.12 bits per heavy atom. The van der Waals surface area contributed by atoms with Crippen molar-refractivity contribution in [3.63, 3.8) is 0 Å². The van der Waals surface area contributed by atoms with Crippen molar-refractivity contribution in [2.24, 2.45) is 0 Å². The SMILES string of the molecule is CCC1CCCN1c1ccc(C(F)(F)F)nn1. The van der Waals surface area contributed by atoms with Crippen molar-refractivity contribution in [2.75, 3.05) is 11.4 Å². The number of anilines is 1. The fourth-order valence-corrected chi connectivity index (χ4v) is 2.19. The van der Waals surface area contributed by atoms with Crippen molar-refractivity contribution in [3.05, 3.63) is 17.8 Å². The molecule has 2 heterocycles. The highest BCUT2D eigenvalue weighted by Gasteiger charge is 2.33. The Morgan fingerprint density at radius 3 is 2.65 bits per heavy atom. The predicted molar refractivity (Wildman–Crippen MR) is 57.7 cm³/mol. The lowest BCUT2D eigenvalue weighted by Gasteiger charge is -2.24. The van der Waals surface area contributed by atoms with Crippen molar-refractivity contribution in [1.29, 1.82) is 0 Å². The lowest BCUT2D eigenvalue weighted by Crippen LogP contribution is -2.29. The molecule has 1 saturated heterocycles. The second kappa shape index (κ2) is 4.50. The zero-order valence-corrected chi connectivity index (χ0v) is 9.54. The first-order valence-electron chi connectivity index (χ1n) is 5.70. The summed E-state index contributed by atoms with van der Waals surface area (Å²) in [6.45, 7) is 2.92. The van der Waals surface area contributed by atoms with Gasteiger partial charge in [-0.25, -0.2) is 0 Å². The van der Waals surface area contributed by atoms with Gasteiger partial charge in [-0.1, -0.05) is 6.92 Å². The van der Waals surface area contributed by atoms with E-state index in [2.05, 4.69) is 17.1 Å². The average Bonchev–Trinajstić information content (AvgIpc) is 2.76. The fraction of sp³-hybridized carbons (Fsp3) is 0.636. The van der Waals surface area contributed by atoms with Crippen LogP contribution in [0, 0.1) is 0 Å². The summed E-state index contributed by atoms with van der Waals surface area (Å²) in [6.07, 6.45) is -1.32. The van der Waals surface area contributed by atoms with Crippen LogP contribution in [0.3, 0.4) is 0 Å². The smallest absolute Gasteiger partial charge is 0.352 e. The molecule has 1 unspecified atom stereocenters. The first-order valence-corrected chi connectivity index (χ1v) is 5.70. The highest BCUT2D eigenvalue weighted by Crippen LogP contribution is 2.29. The van der Waals surface area contributed by atoms with Gasteiger partial charge in [-0.05, 0) is 31.4 Å². The molecule has 1 atom stereocenters. The molecule has 0 saturated carbocycles. The molecule has 0 radical (unpaired) electrons. The van der Waals surface area contributed by atoms with Gasteiger partial charge in [0.15, 0.2) is 11.5 Å². The van der Waals surface area contributed by atoms with Gasteiger partial charge in [-0.15, -0.1) is 10.2 Å². The Labute approximate surface area is 97.6 Å². The summed E-state index contributed by atoms with van der Waals surface area (Å²) in [7, 11) is 0. The Kier molecular flexibility index (Phi) is 3.22. The summed E-state index contributed by atoms with van der Waals surface area (Å²) in [6, 6.07) is 2.78. The molecule has 2 rings (SSSR count). The van der Waals surface area contributed by atoms with Crippen molar-refractivity contribution in [3.8, 4) is 0 Å². The fourth-order valence-electron chi connectivity index (χ4n) is 2.19.